The van der Waals surface area contributed by atoms with Crippen LogP contribution in [0.25, 0.3) is 0 Å². The van der Waals surface area contributed by atoms with Gasteiger partial charge in [-0.1, -0.05) is 0 Å². The first kappa shape index (κ1) is 20.6. The monoisotopic (exact) mass is 412 g/mol. The summed E-state index contributed by atoms with van der Waals surface area (Å²) in [5, 5.41) is 5.78. The summed E-state index contributed by atoms with van der Waals surface area (Å²) in [5.74, 6) is 0.571. The molecule has 0 radical (unpaired) electrons. The molecule has 1 fully saturated rings. The number of piperazine rings is 1. The van der Waals surface area contributed by atoms with Gasteiger partial charge in [0.2, 0.25) is 5.91 Å². The second kappa shape index (κ2) is 9.38. The Balaban J connectivity index is 1.54. The van der Waals surface area contributed by atoms with Crippen molar-refractivity contribution in [3.63, 3.8) is 0 Å². The minimum absolute atomic E-state index is 0.0401. The molecule has 0 atom stereocenters. The molecule has 2 aromatic carbocycles. The van der Waals surface area contributed by atoms with Gasteiger partial charge in [-0.05, 0) is 60.7 Å². The molecule has 2 amide bonds. The first-order valence-electron chi connectivity index (χ1n) is 9.33. The number of thiocarbonyl (C=S) groups is 1. The third-order valence-electron chi connectivity index (χ3n) is 4.68. The first-order valence-corrected chi connectivity index (χ1v) is 9.74. The fourth-order valence-corrected chi connectivity index (χ4v) is 3.42. The number of carbonyl (C=O) groups is 2. The van der Waals surface area contributed by atoms with E-state index in [1.807, 2.05) is 29.2 Å². The number of carbonyl (C=O) groups excluding carboxylic acids is 2. The van der Waals surface area contributed by atoms with Crippen molar-refractivity contribution >= 4 is 40.5 Å². The molecule has 0 spiro atoms. The van der Waals surface area contributed by atoms with Gasteiger partial charge in [0.15, 0.2) is 5.11 Å². The topological polar surface area (TPSA) is 73.9 Å². The Morgan fingerprint density at radius 1 is 0.966 bits per heavy atom. The van der Waals surface area contributed by atoms with Crippen LogP contribution in [0.1, 0.15) is 17.3 Å². The van der Waals surface area contributed by atoms with Gasteiger partial charge < -0.3 is 25.2 Å². The number of anilines is 2. The lowest BCUT2D eigenvalue weighted by molar-refractivity contribution is -0.117. The number of nitrogens with zero attached hydrogens (tertiary/aromatic N) is 2. The number of rotatable bonds is 4. The summed E-state index contributed by atoms with van der Waals surface area (Å²) in [5.41, 5.74) is 2.56. The Morgan fingerprint density at radius 3 is 2.14 bits per heavy atom. The summed E-state index contributed by atoms with van der Waals surface area (Å²) in [6.45, 7) is 4.27. The Hall–Kier alpha value is -3.13. The van der Waals surface area contributed by atoms with Crippen LogP contribution in [-0.4, -0.2) is 55.1 Å². The van der Waals surface area contributed by atoms with Gasteiger partial charge >= 0.3 is 0 Å². The molecule has 0 unspecified atom stereocenters. The Bertz CT molecular complexity index is 876. The minimum atomic E-state index is -0.207. The Labute approximate surface area is 175 Å². The lowest BCUT2D eigenvalue weighted by atomic mass is 10.1. The highest BCUT2D eigenvalue weighted by molar-refractivity contribution is 7.80. The highest BCUT2D eigenvalue weighted by atomic mass is 32.1. The minimum Gasteiger partial charge on any atom is -0.497 e. The van der Waals surface area contributed by atoms with Crippen LogP contribution in [0.15, 0.2) is 48.5 Å². The standard InChI is InChI=1S/C21H24N4O3S/c1-15(26)22-21(29)23-17-5-7-18(8-6-17)24-11-13-25(14-12-24)20(27)16-3-9-19(28-2)10-4-16/h3-10H,11-14H2,1-2H3,(H2,22,23,26,29). The number of hydrogen-bond donors (Lipinski definition) is 2. The molecule has 2 aromatic rings. The van der Waals surface area contributed by atoms with Crippen LogP contribution >= 0.6 is 12.2 Å². The van der Waals surface area contributed by atoms with Crippen molar-refractivity contribution in [1.29, 1.82) is 0 Å². The number of amides is 2. The summed E-state index contributed by atoms with van der Waals surface area (Å²) in [6.07, 6.45) is 0. The van der Waals surface area contributed by atoms with Crippen LogP contribution < -0.4 is 20.3 Å². The Morgan fingerprint density at radius 2 is 1.59 bits per heavy atom. The van der Waals surface area contributed by atoms with Crippen molar-refractivity contribution in [2.24, 2.45) is 0 Å². The predicted octanol–water partition coefficient (Wildman–Crippen LogP) is 2.49. The number of hydrogen-bond acceptors (Lipinski definition) is 5. The molecule has 0 aliphatic carbocycles. The molecule has 8 heteroatoms. The lowest BCUT2D eigenvalue weighted by Crippen LogP contribution is -2.48. The molecule has 0 aromatic heterocycles. The summed E-state index contributed by atoms with van der Waals surface area (Å²) in [6, 6.07) is 15.0. The normalized spacial score (nSPS) is 13.6. The molecule has 0 saturated carbocycles. The van der Waals surface area contributed by atoms with Gasteiger partial charge in [0.05, 0.1) is 7.11 Å². The Kier molecular flexibility index (Phi) is 6.66. The molecular formula is C21H24N4O3S. The zero-order valence-corrected chi connectivity index (χ0v) is 17.3. The maximum Gasteiger partial charge on any atom is 0.253 e. The molecule has 1 aliphatic rings. The van der Waals surface area contributed by atoms with Gasteiger partial charge in [0.25, 0.3) is 5.91 Å². The van der Waals surface area contributed by atoms with Crippen molar-refractivity contribution < 1.29 is 14.3 Å². The molecule has 29 heavy (non-hydrogen) atoms. The second-order valence-corrected chi connectivity index (χ2v) is 7.10. The molecule has 1 saturated heterocycles. The van der Waals surface area contributed by atoms with Crippen LogP contribution in [0.2, 0.25) is 0 Å². The van der Waals surface area contributed by atoms with E-state index in [1.54, 1.807) is 31.4 Å². The van der Waals surface area contributed by atoms with Crippen molar-refractivity contribution in [3.8, 4) is 5.75 Å². The van der Waals surface area contributed by atoms with Crippen LogP contribution in [0.3, 0.4) is 0 Å². The molecule has 3 rings (SSSR count). The third kappa shape index (κ3) is 5.45. The molecule has 1 heterocycles. The average molecular weight is 413 g/mol. The lowest BCUT2D eigenvalue weighted by Gasteiger charge is -2.36. The molecule has 2 N–H and O–H groups in total. The molecule has 152 valence electrons. The highest BCUT2D eigenvalue weighted by Crippen LogP contribution is 2.21. The molecule has 7 nitrogen and oxygen atoms in total. The van der Waals surface area contributed by atoms with E-state index in [-0.39, 0.29) is 16.9 Å². The number of nitrogens with one attached hydrogen (secondary N) is 2. The van der Waals surface area contributed by atoms with E-state index in [0.29, 0.717) is 18.7 Å². The zero-order chi connectivity index (χ0) is 20.8. The fraction of sp³-hybridized carbons (Fsp3) is 0.286. The van der Waals surface area contributed by atoms with Crippen molar-refractivity contribution in [2.75, 3.05) is 43.5 Å². The molecular weight excluding hydrogens is 388 g/mol. The van der Waals surface area contributed by atoms with E-state index in [9.17, 15) is 9.59 Å². The molecule has 0 bridgehead atoms. The third-order valence-corrected chi connectivity index (χ3v) is 4.89. The van der Waals surface area contributed by atoms with E-state index in [1.165, 1.54) is 6.92 Å². The smallest absolute Gasteiger partial charge is 0.253 e. The zero-order valence-electron chi connectivity index (χ0n) is 16.5. The van der Waals surface area contributed by atoms with Gasteiger partial charge in [-0.3, -0.25) is 9.59 Å². The first-order chi connectivity index (χ1) is 14.0. The van der Waals surface area contributed by atoms with E-state index >= 15 is 0 Å². The molecule has 1 aliphatic heterocycles. The summed E-state index contributed by atoms with van der Waals surface area (Å²) in [4.78, 5) is 27.8. The van der Waals surface area contributed by atoms with Crippen molar-refractivity contribution in [3.05, 3.63) is 54.1 Å². The highest BCUT2D eigenvalue weighted by Gasteiger charge is 2.22. The van der Waals surface area contributed by atoms with E-state index in [4.69, 9.17) is 17.0 Å². The van der Waals surface area contributed by atoms with E-state index < -0.39 is 0 Å². The van der Waals surface area contributed by atoms with Crippen LogP contribution in [-0.2, 0) is 4.79 Å². The van der Waals surface area contributed by atoms with Crippen LogP contribution in [0, 0.1) is 0 Å². The van der Waals surface area contributed by atoms with Gasteiger partial charge in [-0.15, -0.1) is 0 Å². The number of benzene rings is 2. The predicted molar refractivity (Wildman–Crippen MR) is 118 cm³/mol. The van der Waals surface area contributed by atoms with Crippen LogP contribution in [0.4, 0.5) is 11.4 Å². The van der Waals surface area contributed by atoms with Gasteiger partial charge in [-0.2, -0.15) is 0 Å². The van der Waals surface area contributed by atoms with Gasteiger partial charge in [0.1, 0.15) is 5.75 Å². The summed E-state index contributed by atoms with van der Waals surface area (Å²) in [7, 11) is 1.61. The quantitative estimate of drug-likeness (QED) is 0.752. The maximum absolute atomic E-state index is 12.7. The number of methoxy groups -OCH3 is 1. The number of ether oxygens (including phenoxy) is 1. The summed E-state index contributed by atoms with van der Waals surface area (Å²) < 4.78 is 5.14. The summed E-state index contributed by atoms with van der Waals surface area (Å²) >= 11 is 5.06. The van der Waals surface area contributed by atoms with Gasteiger partial charge in [-0.25, -0.2) is 0 Å². The van der Waals surface area contributed by atoms with Crippen LogP contribution in [0.5, 0.6) is 5.75 Å². The van der Waals surface area contributed by atoms with Crippen molar-refractivity contribution in [2.45, 2.75) is 6.92 Å². The maximum atomic E-state index is 12.7. The van der Waals surface area contributed by atoms with E-state index in [0.717, 1.165) is 30.2 Å². The average Bonchev–Trinajstić information content (AvgIpc) is 2.73. The largest absolute Gasteiger partial charge is 0.497 e. The van der Waals surface area contributed by atoms with Gasteiger partial charge in [0, 0.05) is 50.0 Å². The SMILES string of the molecule is COc1ccc(C(=O)N2CCN(c3ccc(NC(=S)NC(C)=O)cc3)CC2)cc1. The van der Waals surface area contributed by atoms with Crippen molar-refractivity contribution in [1.82, 2.24) is 10.2 Å². The second-order valence-electron chi connectivity index (χ2n) is 6.69. The fourth-order valence-electron chi connectivity index (χ4n) is 3.16. The van der Waals surface area contributed by atoms with E-state index in [2.05, 4.69) is 15.5 Å².